The van der Waals surface area contributed by atoms with E-state index in [1.807, 2.05) is 0 Å². The molecule has 0 aliphatic rings. The first-order valence-electron chi connectivity index (χ1n) is 5.26. The Labute approximate surface area is 102 Å². The van der Waals surface area contributed by atoms with E-state index in [0.29, 0.717) is 11.4 Å². The molecule has 1 radical (unpaired) electrons. The number of benzene rings is 1. The van der Waals surface area contributed by atoms with Crippen molar-refractivity contribution < 1.29 is 13.2 Å². The first-order valence-corrected chi connectivity index (χ1v) is 5.26. The Balaban J connectivity index is 2.47. The van der Waals surface area contributed by atoms with Gasteiger partial charge < -0.3 is 5.73 Å². The molecule has 0 spiro atoms. The van der Waals surface area contributed by atoms with E-state index in [-0.39, 0.29) is 6.54 Å². The van der Waals surface area contributed by atoms with Gasteiger partial charge in [-0.15, -0.1) is 0 Å². The molecule has 0 amide bonds. The second-order valence-electron chi connectivity index (χ2n) is 3.86. The highest BCUT2D eigenvalue weighted by Gasteiger charge is 2.34. The summed E-state index contributed by atoms with van der Waals surface area (Å²) in [6, 6.07) is 8.83. The average Bonchev–Trinajstić information content (AvgIpc) is 2.71. The Bertz CT molecular complexity index is 558. The maximum absolute atomic E-state index is 12.5. The third-order valence-corrected chi connectivity index (χ3v) is 2.49. The highest BCUT2D eigenvalue weighted by Crippen LogP contribution is 2.29. The lowest BCUT2D eigenvalue weighted by Crippen LogP contribution is -2.07. The summed E-state index contributed by atoms with van der Waals surface area (Å²) < 4.78 is 38.9. The molecule has 0 saturated heterocycles. The van der Waals surface area contributed by atoms with Crippen LogP contribution in [0.1, 0.15) is 17.0 Å². The van der Waals surface area contributed by atoms with Crippen LogP contribution in [0.5, 0.6) is 0 Å². The number of hydrogen-bond donors (Lipinski definition) is 1. The van der Waals surface area contributed by atoms with Gasteiger partial charge in [-0.3, -0.25) is 0 Å². The molecule has 95 valence electrons. The van der Waals surface area contributed by atoms with Gasteiger partial charge in [0.1, 0.15) is 0 Å². The first kappa shape index (κ1) is 12.6. The van der Waals surface area contributed by atoms with Crippen LogP contribution in [0.2, 0.25) is 0 Å². The van der Waals surface area contributed by atoms with Gasteiger partial charge in [-0.05, 0) is 36.8 Å². The van der Waals surface area contributed by atoms with Crippen molar-refractivity contribution in [1.82, 2.24) is 9.78 Å². The van der Waals surface area contributed by atoms with E-state index < -0.39 is 11.9 Å². The fourth-order valence-corrected chi connectivity index (χ4v) is 1.63. The standard InChI is InChI=1S/C12H11F3N3/c1-8-5-11(12(13,14)15)17-18(8)10-4-2-3-9(6-10)7-16/h2,4-6H,7,16H2,1H3. The lowest BCUT2D eigenvalue weighted by Gasteiger charge is -2.06. The van der Waals surface area contributed by atoms with Gasteiger partial charge in [0, 0.05) is 12.2 Å². The van der Waals surface area contributed by atoms with Crippen molar-refractivity contribution >= 4 is 0 Å². The lowest BCUT2D eigenvalue weighted by molar-refractivity contribution is -0.141. The van der Waals surface area contributed by atoms with Gasteiger partial charge in [0.15, 0.2) is 5.69 Å². The fraction of sp³-hybridized carbons (Fsp3) is 0.250. The molecule has 2 N–H and O–H groups in total. The van der Waals surface area contributed by atoms with E-state index in [1.165, 1.54) is 4.68 Å². The van der Waals surface area contributed by atoms with Gasteiger partial charge in [-0.25, -0.2) is 4.68 Å². The predicted molar refractivity (Wildman–Crippen MR) is 60.0 cm³/mol. The zero-order valence-electron chi connectivity index (χ0n) is 9.62. The molecule has 0 fully saturated rings. The Morgan fingerprint density at radius 1 is 1.39 bits per heavy atom. The lowest BCUT2D eigenvalue weighted by atomic mass is 10.2. The number of halogens is 3. The van der Waals surface area contributed by atoms with Crippen molar-refractivity contribution in [3.8, 4) is 5.69 Å². The number of nitrogens with zero attached hydrogens (tertiary/aromatic N) is 2. The van der Waals surface area contributed by atoms with Crippen LogP contribution in [-0.2, 0) is 12.7 Å². The van der Waals surface area contributed by atoms with Crippen molar-refractivity contribution in [2.75, 3.05) is 0 Å². The van der Waals surface area contributed by atoms with Crippen molar-refractivity contribution in [1.29, 1.82) is 0 Å². The number of hydrogen-bond acceptors (Lipinski definition) is 2. The van der Waals surface area contributed by atoms with Crippen molar-refractivity contribution in [2.45, 2.75) is 19.6 Å². The van der Waals surface area contributed by atoms with Gasteiger partial charge in [0.05, 0.1) is 5.69 Å². The summed E-state index contributed by atoms with van der Waals surface area (Å²) in [6.07, 6.45) is -4.44. The van der Waals surface area contributed by atoms with E-state index >= 15 is 0 Å². The normalized spacial score (nSPS) is 11.8. The van der Waals surface area contributed by atoms with Crippen LogP contribution in [0.4, 0.5) is 13.2 Å². The third-order valence-electron chi connectivity index (χ3n) is 2.49. The molecule has 2 aromatic rings. The molecular weight excluding hydrogens is 243 g/mol. The van der Waals surface area contributed by atoms with Gasteiger partial charge >= 0.3 is 6.18 Å². The molecule has 2 rings (SSSR count). The third kappa shape index (κ3) is 2.38. The highest BCUT2D eigenvalue weighted by atomic mass is 19.4. The zero-order chi connectivity index (χ0) is 13.3. The fourth-order valence-electron chi connectivity index (χ4n) is 1.63. The van der Waals surface area contributed by atoms with Gasteiger partial charge in [0.2, 0.25) is 0 Å². The summed E-state index contributed by atoms with van der Waals surface area (Å²) in [6.45, 7) is 1.85. The molecule has 0 unspecified atom stereocenters. The Hall–Kier alpha value is -1.82. The smallest absolute Gasteiger partial charge is 0.326 e. The molecule has 1 heterocycles. The van der Waals surface area contributed by atoms with E-state index in [4.69, 9.17) is 5.73 Å². The molecule has 0 aliphatic carbocycles. The molecule has 0 aliphatic heterocycles. The maximum atomic E-state index is 12.5. The molecule has 0 bridgehead atoms. The van der Waals surface area contributed by atoms with Crippen LogP contribution in [0.3, 0.4) is 0 Å². The Kier molecular flexibility index (Phi) is 3.13. The van der Waals surface area contributed by atoms with Gasteiger partial charge in [0.25, 0.3) is 0 Å². The number of aromatic nitrogens is 2. The maximum Gasteiger partial charge on any atom is 0.435 e. The van der Waals surface area contributed by atoms with Crippen LogP contribution in [0, 0.1) is 13.0 Å². The number of aryl methyl sites for hydroxylation is 1. The van der Waals surface area contributed by atoms with E-state index in [9.17, 15) is 13.2 Å². The largest absolute Gasteiger partial charge is 0.435 e. The summed E-state index contributed by atoms with van der Waals surface area (Å²) >= 11 is 0. The van der Waals surface area contributed by atoms with E-state index in [0.717, 1.165) is 11.6 Å². The topological polar surface area (TPSA) is 43.8 Å². The molecule has 18 heavy (non-hydrogen) atoms. The van der Waals surface area contributed by atoms with Crippen molar-refractivity contribution in [2.24, 2.45) is 5.73 Å². The summed E-state index contributed by atoms with van der Waals surface area (Å²) in [5.74, 6) is 0. The van der Waals surface area contributed by atoms with Crippen LogP contribution >= 0.6 is 0 Å². The van der Waals surface area contributed by atoms with Crippen LogP contribution in [0.25, 0.3) is 5.69 Å². The van der Waals surface area contributed by atoms with Crippen LogP contribution < -0.4 is 5.73 Å². The SMILES string of the molecule is Cc1cc(C(F)(F)F)nn1-c1cc[c]c(CN)c1. The average molecular weight is 254 g/mol. The summed E-state index contributed by atoms with van der Waals surface area (Å²) in [7, 11) is 0. The Morgan fingerprint density at radius 3 is 2.67 bits per heavy atom. The van der Waals surface area contributed by atoms with Gasteiger partial charge in [-0.2, -0.15) is 18.3 Å². The number of alkyl halides is 3. The summed E-state index contributed by atoms with van der Waals surface area (Å²) in [5, 5.41) is 3.56. The summed E-state index contributed by atoms with van der Waals surface area (Å²) in [4.78, 5) is 0. The van der Waals surface area contributed by atoms with Crippen molar-refractivity contribution in [3.63, 3.8) is 0 Å². The molecule has 1 aromatic heterocycles. The highest BCUT2D eigenvalue weighted by molar-refractivity contribution is 5.36. The first-order chi connectivity index (χ1) is 8.41. The molecule has 0 saturated carbocycles. The molecule has 3 nitrogen and oxygen atoms in total. The van der Waals surface area contributed by atoms with Crippen LogP contribution in [-0.4, -0.2) is 9.78 Å². The number of rotatable bonds is 2. The van der Waals surface area contributed by atoms with Crippen molar-refractivity contribution in [3.05, 3.63) is 47.3 Å². The van der Waals surface area contributed by atoms with Crippen LogP contribution in [0.15, 0.2) is 24.3 Å². The minimum atomic E-state index is -4.44. The van der Waals surface area contributed by atoms with E-state index in [2.05, 4.69) is 11.2 Å². The van der Waals surface area contributed by atoms with E-state index in [1.54, 1.807) is 25.1 Å². The second kappa shape index (κ2) is 4.45. The minimum Gasteiger partial charge on any atom is -0.326 e. The second-order valence-corrected chi connectivity index (χ2v) is 3.86. The monoisotopic (exact) mass is 254 g/mol. The van der Waals surface area contributed by atoms with Gasteiger partial charge in [-0.1, -0.05) is 6.07 Å². The molecule has 0 atom stereocenters. The quantitative estimate of drug-likeness (QED) is 0.894. The molecular formula is C12H11F3N3. The minimum absolute atomic E-state index is 0.278. The Morgan fingerprint density at radius 2 is 2.11 bits per heavy atom. The summed E-state index contributed by atoms with van der Waals surface area (Å²) in [5.41, 5.74) is 6.24. The number of nitrogens with two attached hydrogens (primary N) is 1. The predicted octanol–water partition coefficient (Wildman–Crippen LogP) is 2.46. The zero-order valence-corrected chi connectivity index (χ0v) is 9.62. The molecule has 6 heteroatoms. The molecule has 1 aromatic carbocycles.